The van der Waals surface area contributed by atoms with E-state index in [4.69, 9.17) is 43.0 Å². The van der Waals surface area contributed by atoms with E-state index in [2.05, 4.69) is 0 Å². The van der Waals surface area contributed by atoms with Gasteiger partial charge in [0.25, 0.3) is 0 Å². The molecule has 0 amide bonds. The van der Waals surface area contributed by atoms with E-state index in [1.807, 2.05) is 194 Å². The van der Waals surface area contributed by atoms with E-state index in [9.17, 15) is 16.4 Å². The molecule has 120 heavy (non-hydrogen) atoms. The summed E-state index contributed by atoms with van der Waals surface area (Å²) in [5.74, 6) is 0. The quantitative estimate of drug-likeness (QED) is 0.154. The molecule has 6 heteroatoms. The molecule has 0 unspecified atom stereocenters. The third-order valence-corrected chi connectivity index (χ3v) is 23.1. The zero-order chi connectivity index (χ0) is 99.5. The molecule has 0 aliphatic heterocycles. The van der Waals surface area contributed by atoms with Crippen molar-refractivity contribution in [2.75, 3.05) is 0 Å². The third-order valence-electron chi connectivity index (χ3n) is 23.1. The summed E-state index contributed by atoms with van der Waals surface area (Å²) in [6.45, 7) is 0. The van der Waals surface area contributed by atoms with Gasteiger partial charge in [-0.2, -0.15) is 0 Å². The standard InChI is InChI=1S/3C38H22O2/c1-3-14-28-26(12-1)36(23-20-21-35-32(22-23)25-11-6-7-18-33(25)39-35)27-13-2-4-15-29(27)37(28)31-17-9-16-30-24-10-5-8-19-34(24)40-38(30)31;1-3-13-28-26(11-1)36(23-20-21-25-24-10-5-7-17-32(24)40-35(25)22-23)27-12-2-4-14-29(27)37(28)31-16-9-19-34-38(31)30-15-6-8-18-33(30)39-34;1-2-12-30-29(11-1)37(23-17-19-27-25-9-5-7-15-33(25)39-35(27)21-23)31-13-3-4-14-32(31)38(30)24-18-20-28-26-10-6-8-16-34(26)40-36(28)22-24/h3*1-22H/i1D,2D,3D,4D,12D,13D,14D,15D;2*1D,2D,3D,4D,11D,12D,13D,14D. The van der Waals surface area contributed by atoms with Gasteiger partial charge in [-0.1, -0.05) is 309 Å². The van der Waals surface area contributed by atoms with Crippen molar-refractivity contribution >= 4 is 196 Å². The van der Waals surface area contributed by atoms with Crippen LogP contribution in [0.15, 0.2) is 426 Å². The Hall–Kier alpha value is -16.0. The molecule has 0 atom stereocenters. The molecule has 6 aromatic heterocycles. The summed E-state index contributed by atoms with van der Waals surface area (Å²) in [6, 6.07) is 68.9. The number of hydrogen-bond donors (Lipinski definition) is 0. The zero-order valence-electron chi connectivity index (χ0n) is 86.7. The normalized spacial score (nSPS) is 14.8. The number of benzene rings is 21. The first kappa shape index (κ1) is 47.7. The van der Waals surface area contributed by atoms with E-state index >= 15 is 0 Å². The zero-order valence-corrected chi connectivity index (χ0v) is 62.7. The minimum atomic E-state index is -0.451. The average molecular weight is 1560 g/mol. The van der Waals surface area contributed by atoms with Crippen LogP contribution in [0.4, 0.5) is 0 Å². The van der Waals surface area contributed by atoms with Crippen LogP contribution in [0.5, 0.6) is 0 Å². The van der Waals surface area contributed by atoms with Crippen LogP contribution in [0.3, 0.4) is 0 Å². The molecule has 0 aliphatic carbocycles. The molecule has 0 bridgehead atoms. The van der Waals surface area contributed by atoms with Gasteiger partial charge in [-0.15, -0.1) is 0 Å². The summed E-state index contributed by atoms with van der Waals surface area (Å²) in [5.41, 5.74) is 11.8. The average Bonchev–Trinajstić information content (AvgIpc) is 0.914. The summed E-state index contributed by atoms with van der Waals surface area (Å²) in [4.78, 5) is 0. The fraction of sp³-hybridized carbons (Fsp3) is 0. The Morgan fingerprint density at radius 1 is 0.150 bits per heavy atom. The maximum absolute atomic E-state index is 9.28. The Labute approximate surface area is 719 Å². The van der Waals surface area contributed by atoms with Gasteiger partial charge in [0.05, 0.1) is 32.9 Å². The van der Waals surface area contributed by atoms with E-state index in [0.717, 1.165) is 59.2 Å². The first-order chi connectivity index (χ1) is 69.5. The first-order valence-electron chi connectivity index (χ1n) is 50.9. The molecule has 27 aromatic rings. The Balaban J connectivity index is 0.000000113. The van der Waals surface area contributed by atoms with Gasteiger partial charge in [0.1, 0.15) is 67.0 Å². The van der Waals surface area contributed by atoms with Crippen LogP contribution in [0.25, 0.3) is 263 Å². The molecule has 0 saturated heterocycles. The highest BCUT2D eigenvalue weighted by Gasteiger charge is 2.26. The topological polar surface area (TPSA) is 78.8 Å². The molecule has 0 aliphatic rings. The Morgan fingerprint density at radius 2 is 0.392 bits per heavy atom. The SMILES string of the molecule is [2H]c1c([2H])c([2H])c2c(-c3ccc4c(c3)oc3ccccc34)c3c([2H])c([2H])c([2H])c([2H])c3c(-c3ccc4c(c3)oc3ccccc34)c2c1[2H].[2H]c1c([2H])c([2H])c2c(-c3cccc4c3oc3ccccc34)c3c([2H])c([2H])c([2H])c([2H])c3c(-c3ccc4oc5ccccc5c4c3)c2c1[2H].[2H]c1c([2H])c([2H])c2c(-c3cccc4oc5ccccc5c34)c3c([2H])c([2H])c([2H])c([2H])c3c(-c3ccc4c(c3)oc3ccccc34)c2c1[2H]. The maximum atomic E-state index is 9.28. The third kappa shape index (κ3) is 10.4. The summed E-state index contributed by atoms with van der Waals surface area (Å²) in [7, 11) is 0. The van der Waals surface area contributed by atoms with Gasteiger partial charge in [0.2, 0.25) is 0 Å². The van der Waals surface area contributed by atoms with Gasteiger partial charge in [-0.05, 0) is 211 Å². The van der Waals surface area contributed by atoms with E-state index < -0.39 is 72.5 Å². The second kappa shape index (κ2) is 26.8. The van der Waals surface area contributed by atoms with Crippen molar-refractivity contribution in [3.8, 4) is 66.8 Å². The van der Waals surface area contributed by atoms with Gasteiger partial charge in [0.15, 0.2) is 0 Å². The fourth-order valence-corrected chi connectivity index (χ4v) is 18.0. The van der Waals surface area contributed by atoms with Crippen molar-refractivity contribution in [3.63, 3.8) is 0 Å². The molecule has 6 heterocycles. The van der Waals surface area contributed by atoms with Crippen molar-refractivity contribution in [1.29, 1.82) is 0 Å². The van der Waals surface area contributed by atoms with E-state index in [1.165, 1.54) is 0 Å². The van der Waals surface area contributed by atoms with Crippen molar-refractivity contribution in [2.45, 2.75) is 0 Å². The number of furan rings is 6. The number of para-hydroxylation sites is 7. The smallest absolute Gasteiger partial charge is 0.143 e. The molecule has 21 aromatic carbocycles. The Kier molecular flexibility index (Phi) is 10.7. The largest absolute Gasteiger partial charge is 0.456 e. The predicted molar refractivity (Wildman–Crippen MR) is 501 cm³/mol. The van der Waals surface area contributed by atoms with Gasteiger partial charge in [0, 0.05) is 75.8 Å². The van der Waals surface area contributed by atoms with Crippen molar-refractivity contribution in [3.05, 3.63) is 400 Å². The predicted octanol–water partition coefficient (Wildman–Crippen LogP) is 33.4. The van der Waals surface area contributed by atoms with E-state index in [0.29, 0.717) is 106 Å². The molecule has 0 radical (unpaired) electrons. The van der Waals surface area contributed by atoms with Crippen LogP contribution in [-0.2, 0) is 0 Å². The van der Waals surface area contributed by atoms with Crippen LogP contribution in [0, 0.1) is 0 Å². The van der Waals surface area contributed by atoms with Crippen molar-refractivity contribution in [1.82, 2.24) is 0 Å². The highest BCUT2D eigenvalue weighted by atomic mass is 16.3. The summed E-state index contributed by atoms with van der Waals surface area (Å²) < 4.78 is 253. The van der Waals surface area contributed by atoms with Crippen LogP contribution in [0.2, 0.25) is 0 Å². The minimum Gasteiger partial charge on any atom is -0.456 e. The number of rotatable bonds is 6. The highest BCUT2D eigenvalue weighted by molar-refractivity contribution is 6.29. The van der Waals surface area contributed by atoms with Gasteiger partial charge in [-0.25, -0.2) is 0 Å². The monoisotopic (exact) mass is 1550 g/mol. The molecule has 0 spiro atoms. The number of hydrogen-bond acceptors (Lipinski definition) is 6. The molecule has 558 valence electrons. The van der Waals surface area contributed by atoms with Gasteiger partial charge >= 0.3 is 0 Å². The lowest BCUT2D eigenvalue weighted by Crippen LogP contribution is -1.91. The lowest BCUT2D eigenvalue weighted by molar-refractivity contribution is 0.668. The second-order valence-electron chi connectivity index (χ2n) is 29.5. The van der Waals surface area contributed by atoms with Crippen molar-refractivity contribution in [2.24, 2.45) is 0 Å². The second-order valence-corrected chi connectivity index (χ2v) is 29.5. The van der Waals surface area contributed by atoms with Crippen LogP contribution in [-0.4, -0.2) is 0 Å². The molecule has 0 saturated carbocycles. The summed E-state index contributed by atoms with van der Waals surface area (Å²) >= 11 is 0. The van der Waals surface area contributed by atoms with E-state index in [1.54, 1.807) is 60.7 Å². The fourth-order valence-electron chi connectivity index (χ4n) is 18.0. The van der Waals surface area contributed by atoms with Crippen LogP contribution in [0.1, 0.15) is 32.9 Å². The Bertz CT molecular complexity index is 10100. The minimum absolute atomic E-state index is 0.138. The lowest BCUT2D eigenvalue weighted by atomic mass is 9.85. The molecular formula is C114H66O6. The maximum Gasteiger partial charge on any atom is 0.143 e. The molecule has 27 rings (SSSR count). The molecule has 6 nitrogen and oxygen atoms in total. The lowest BCUT2D eigenvalue weighted by Gasteiger charge is -2.18. The summed E-state index contributed by atoms with van der Waals surface area (Å²) in [5, 5.41) is 11.7. The Morgan fingerprint density at radius 3 is 0.783 bits per heavy atom. The highest BCUT2D eigenvalue weighted by Crippen LogP contribution is 2.52. The summed E-state index contributed by atoms with van der Waals surface area (Å²) in [6.07, 6.45) is 0. The van der Waals surface area contributed by atoms with Crippen molar-refractivity contribution < 1.29 is 59.4 Å². The van der Waals surface area contributed by atoms with Gasteiger partial charge in [-0.3, -0.25) is 0 Å². The number of fused-ring (bicyclic) bond motifs is 24. The molecule has 0 fully saturated rings. The van der Waals surface area contributed by atoms with E-state index in [-0.39, 0.29) is 171 Å². The van der Waals surface area contributed by atoms with Crippen LogP contribution < -0.4 is 0 Å². The van der Waals surface area contributed by atoms with Crippen LogP contribution >= 0.6 is 0 Å². The van der Waals surface area contributed by atoms with Gasteiger partial charge < -0.3 is 26.5 Å². The first-order valence-corrected chi connectivity index (χ1v) is 38.9. The molecule has 0 N–H and O–H groups in total. The molecular weight excluding hydrogens is 1470 g/mol.